The number of halogens is 3. The van der Waals surface area contributed by atoms with Gasteiger partial charge in [0.1, 0.15) is 6.54 Å². The van der Waals surface area contributed by atoms with E-state index in [1.54, 1.807) is 0 Å². The molecule has 0 radical (unpaired) electrons. The largest absolute Gasteiger partial charge is 0.405 e. The van der Waals surface area contributed by atoms with Gasteiger partial charge in [-0.15, -0.1) is 0 Å². The van der Waals surface area contributed by atoms with E-state index in [1.807, 2.05) is 5.32 Å². The molecule has 0 bridgehead atoms. The lowest BCUT2D eigenvalue weighted by atomic mass is 9.77. The van der Waals surface area contributed by atoms with Crippen LogP contribution in [0.25, 0.3) is 0 Å². The third-order valence-corrected chi connectivity index (χ3v) is 3.55. The lowest BCUT2D eigenvalue weighted by Crippen LogP contribution is -2.39. The summed E-state index contributed by atoms with van der Waals surface area (Å²) in [7, 11) is 0. The predicted molar refractivity (Wildman–Crippen MR) is 59.4 cm³/mol. The van der Waals surface area contributed by atoms with Gasteiger partial charge in [-0.2, -0.15) is 13.2 Å². The number of rotatable bonds is 3. The van der Waals surface area contributed by atoms with Crippen molar-refractivity contribution in [2.45, 2.75) is 45.7 Å². The van der Waals surface area contributed by atoms with Crippen molar-refractivity contribution >= 4 is 5.91 Å². The van der Waals surface area contributed by atoms with Gasteiger partial charge in [0, 0.05) is 5.92 Å². The smallest absolute Gasteiger partial charge is 0.347 e. The second-order valence-corrected chi connectivity index (χ2v) is 5.19. The lowest BCUT2D eigenvalue weighted by Gasteiger charge is -2.30. The number of carbonyl (C=O) groups excluding carboxylic acids is 1. The zero-order chi connectivity index (χ0) is 13.1. The first-order valence-electron chi connectivity index (χ1n) is 6.14. The molecule has 1 saturated carbocycles. The summed E-state index contributed by atoms with van der Waals surface area (Å²) >= 11 is 0. The molecule has 0 heterocycles. The highest BCUT2D eigenvalue weighted by molar-refractivity contribution is 5.78. The van der Waals surface area contributed by atoms with Crippen LogP contribution in [-0.4, -0.2) is 18.6 Å². The average Bonchev–Trinajstić information content (AvgIpc) is 2.25. The fraction of sp³-hybridized carbons (Fsp3) is 0.917. The highest BCUT2D eigenvalue weighted by atomic mass is 19.4. The Hall–Kier alpha value is -0.740. The molecule has 1 N–H and O–H groups in total. The Morgan fingerprint density at radius 3 is 2.18 bits per heavy atom. The van der Waals surface area contributed by atoms with Crippen LogP contribution in [0.15, 0.2) is 0 Å². The molecule has 0 saturated heterocycles. The average molecular weight is 251 g/mol. The molecule has 1 rings (SSSR count). The van der Waals surface area contributed by atoms with Crippen LogP contribution in [0, 0.1) is 17.8 Å². The lowest BCUT2D eigenvalue weighted by molar-refractivity contribution is -0.141. The van der Waals surface area contributed by atoms with E-state index in [9.17, 15) is 18.0 Å². The van der Waals surface area contributed by atoms with Crippen molar-refractivity contribution in [1.82, 2.24) is 5.32 Å². The number of amides is 1. The highest BCUT2D eigenvalue weighted by Crippen LogP contribution is 2.33. The van der Waals surface area contributed by atoms with E-state index in [-0.39, 0.29) is 5.92 Å². The first kappa shape index (κ1) is 14.3. The molecule has 0 aromatic rings. The van der Waals surface area contributed by atoms with Crippen LogP contribution >= 0.6 is 0 Å². The van der Waals surface area contributed by atoms with Crippen molar-refractivity contribution in [3.05, 3.63) is 0 Å². The molecule has 0 aromatic carbocycles. The van der Waals surface area contributed by atoms with Gasteiger partial charge in [0.15, 0.2) is 0 Å². The van der Waals surface area contributed by atoms with Crippen molar-refractivity contribution < 1.29 is 18.0 Å². The molecule has 1 fully saturated rings. The van der Waals surface area contributed by atoms with E-state index < -0.39 is 18.6 Å². The van der Waals surface area contributed by atoms with Crippen LogP contribution in [0.2, 0.25) is 0 Å². The third kappa shape index (κ3) is 4.96. The molecule has 0 aromatic heterocycles. The minimum Gasteiger partial charge on any atom is -0.347 e. The van der Waals surface area contributed by atoms with Gasteiger partial charge in [0.2, 0.25) is 5.91 Å². The Balaban J connectivity index is 2.31. The summed E-state index contributed by atoms with van der Waals surface area (Å²) < 4.78 is 35.8. The molecule has 5 heteroatoms. The summed E-state index contributed by atoms with van der Waals surface area (Å²) in [5, 5.41) is 1.97. The van der Waals surface area contributed by atoms with Gasteiger partial charge in [-0.05, 0) is 37.5 Å². The molecule has 0 aliphatic heterocycles. The third-order valence-electron chi connectivity index (χ3n) is 3.55. The Bertz CT molecular complexity index is 255. The van der Waals surface area contributed by atoms with Crippen molar-refractivity contribution in [2.75, 3.05) is 6.54 Å². The highest BCUT2D eigenvalue weighted by Gasteiger charge is 2.31. The molecule has 2 nitrogen and oxygen atoms in total. The Morgan fingerprint density at radius 1 is 1.24 bits per heavy atom. The minimum absolute atomic E-state index is 0.229. The normalized spacial score (nSPS) is 26.0. The summed E-state index contributed by atoms with van der Waals surface area (Å²) in [4.78, 5) is 11.5. The van der Waals surface area contributed by atoms with Crippen molar-refractivity contribution in [3.8, 4) is 0 Å². The molecule has 1 amide bonds. The van der Waals surface area contributed by atoms with Gasteiger partial charge < -0.3 is 5.32 Å². The summed E-state index contributed by atoms with van der Waals surface area (Å²) in [5.74, 6) is 0.535. The van der Waals surface area contributed by atoms with E-state index in [4.69, 9.17) is 0 Å². The van der Waals surface area contributed by atoms with E-state index in [1.165, 1.54) is 0 Å². The van der Waals surface area contributed by atoms with Gasteiger partial charge in [-0.3, -0.25) is 4.79 Å². The summed E-state index contributed by atoms with van der Waals surface area (Å²) in [6.45, 7) is 3.08. The Kier molecular flexibility index (Phi) is 4.83. The monoisotopic (exact) mass is 251 g/mol. The quantitative estimate of drug-likeness (QED) is 0.820. The fourth-order valence-corrected chi connectivity index (χ4v) is 2.38. The maximum Gasteiger partial charge on any atom is 0.405 e. The summed E-state index contributed by atoms with van der Waals surface area (Å²) in [6.07, 6.45) is -0.993. The summed E-state index contributed by atoms with van der Waals surface area (Å²) in [6, 6.07) is 0. The predicted octanol–water partition coefficient (Wildman–Crippen LogP) is 3.13. The second kappa shape index (κ2) is 5.74. The van der Waals surface area contributed by atoms with Crippen molar-refractivity contribution in [1.29, 1.82) is 0 Å². The first-order chi connectivity index (χ1) is 7.79. The van der Waals surface area contributed by atoms with Crippen LogP contribution in [0.5, 0.6) is 0 Å². The van der Waals surface area contributed by atoms with Gasteiger partial charge in [-0.25, -0.2) is 0 Å². The molecule has 17 heavy (non-hydrogen) atoms. The molecule has 0 atom stereocenters. The molecule has 0 spiro atoms. The van der Waals surface area contributed by atoms with E-state index in [2.05, 4.69) is 13.8 Å². The van der Waals surface area contributed by atoms with Gasteiger partial charge in [0.05, 0.1) is 0 Å². The van der Waals surface area contributed by atoms with E-state index in [0.717, 1.165) is 12.8 Å². The van der Waals surface area contributed by atoms with Gasteiger partial charge in [0.25, 0.3) is 0 Å². The zero-order valence-corrected chi connectivity index (χ0v) is 10.3. The summed E-state index contributed by atoms with van der Waals surface area (Å²) in [5.41, 5.74) is 0. The zero-order valence-electron chi connectivity index (χ0n) is 10.3. The number of nitrogens with one attached hydrogen (secondary N) is 1. The Labute approximate surface area is 100.0 Å². The number of hydrogen-bond acceptors (Lipinski definition) is 1. The van der Waals surface area contributed by atoms with Crippen LogP contribution < -0.4 is 5.32 Å². The fourth-order valence-electron chi connectivity index (χ4n) is 2.38. The van der Waals surface area contributed by atoms with Crippen molar-refractivity contribution in [3.63, 3.8) is 0 Å². The van der Waals surface area contributed by atoms with E-state index >= 15 is 0 Å². The maximum absolute atomic E-state index is 11.9. The molecular weight excluding hydrogens is 231 g/mol. The van der Waals surface area contributed by atoms with Crippen LogP contribution in [0.4, 0.5) is 13.2 Å². The van der Waals surface area contributed by atoms with Gasteiger partial charge in [-0.1, -0.05) is 13.8 Å². The van der Waals surface area contributed by atoms with Crippen LogP contribution in [0.1, 0.15) is 39.5 Å². The Morgan fingerprint density at radius 2 is 1.76 bits per heavy atom. The minimum atomic E-state index is -4.31. The first-order valence-corrected chi connectivity index (χ1v) is 6.14. The molecule has 1 aliphatic carbocycles. The number of alkyl halides is 3. The SMILES string of the molecule is CC(C)[C@H]1CC[C@H](C(=O)NCC(F)(F)F)CC1. The topological polar surface area (TPSA) is 29.1 Å². The molecule has 1 aliphatic rings. The number of carbonyl (C=O) groups is 1. The standard InChI is InChI=1S/C12H20F3NO/c1-8(2)9-3-5-10(6-4-9)11(17)16-7-12(13,14)15/h8-10H,3-7H2,1-2H3,(H,16,17)/t9-,10-. The van der Waals surface area contributed by atoms with Crippen molar-refractivity contribution in [2.24, 2.45) is 17.8 Å². The molecule has 100 valence electrons. The number of hydrogen-bond donors (Lipinski definition) is 1. The van der Waals surface area contributed by atoms with Crippen LogP contribution in [-0.2, 0) is 4.79 Å². The molecule has 0 unspecified atom stereocenters. The maximum atomic E-state index is 11.9. The van der Waals surface area contributed by atoms with E-state index in [0.29, 0.717) is 24.7 Å². The van der Waals surface area contributed by atoms with Gasteiger partial charge >= 0.3 is 6.18 Å². The van der Waals surface area contributed by atoms with Crippen LogP contribution in [0.3, 0.4) is 0 Å². The second-order valence-electron chi connectivity index (χ2n) is 5.19. The molecular formula is C12H20F3NO.